The molecule has 2 rings (SSSR count). The number of benzene rings is 1. The minimum absolute atomic E-state index is 0.238. The predicted molar refractivity (Wildman–Crippen MR) is 78.2 cm³/mol. The lowest BCUT2D eigenvalue weighted by Crippen LogP contribution is -2.43. The summed E-state index contributed by atoms with van der Waals surface area (Å²) in [6, 6.07) is 5.87. The Morgan fingerprint density at radius 1 is 1.20 bits per heavy atom. The van der Waals surface area contributed by atoms with Crippen LogP contribution in [-0.2, 0) is 4.79 Å². The number of quaternary nitrogens is 1. The summed E-state index contributed by atoms with van der Waals surface area (Å²) >= 11 is 0. The number of hydrogen-bond acceptors (Lipinski definition) is 4. The Labute approximate surface area is 120 Å². The number of rotatable bonds is 6. The molecular formula is C15H23N2O3+. The lowest BCUT2D eigenvalue weighted by atomic mass is 10.2. The third-order valence-corrected chi connectivity index (χ3v) is 3.99. The van der Waals surface area contributed by atoms with Crippen LogP contribution in [0, 0.1) is 0 Å². The lowest BCUT2D eigenvalue weighted by molar-refractivity contribution is -0.743. The molecule has 110 valence electrons. The first-order valence-corrected chi connectivity index (χ1v) is 6.89. The molecule has 1 aliphatic rings. The molecule has 0 aromatic heterocycles. The van der Waals surface area contributed by atoms with Crippen LogP contribution in [0.3, 0.4) is 0 Å². The van der Waals surface area contributed by atoms with Crippen LogP contribution in [0.25, 0.3) is 0 Å². The smallest absolute Gasteiger partial charge is 0.333 e. The number of carbonyl (C=O) groups excluding carboxylic acids is 1. The molecule has 0 radical (unpaired) electrons. The first kappa shape index (κ1) is 14.7. The molecule has 5 nitrogen and oxygen atoms in total. The SMILES string of the molecule is COc1cc(NCC(=O)[N+]2(C(C)C)CC2)cc(OC)c1. The molecule has 1 fully saturated rings. The molecule has 1 saturated heterocycles. The minimum Gasteiger partial charge on any atom is -0.497 e. The topological polar surface area (TPSA) is 47.6 Å². The van der Waals surface area contributed by atoms with Gasteiger partial charge in [0.1, 0.15) is 31.1 Å². The highest BCUT2D eigenvalue weighted by Gasteiger charge is 2.51. The molecule has 1 aromatic rings. The number of ether oxygens (including phenoxy) is 2. The molecule has 0 atom stereocenters. The van der Waals surface area contributed by atoms with Gasteiger partial charge >= 0.3 is 5.91 Å². The Bertz CT molecular complexity index is 474. The fourth-order valence-electron chi connectivity index (χ4n) is 2.41. The zero-order valence-corrected chi connectivity index (χ0v) is 12.6. The van der Waals surface area contributed by atoms with E-state index in [1.54, 1.807) is 20.3 Å². The van der Waals surface area contributed by atoms with Crippen molar-refractivity contribution < 1.29 is 18.8 Å². The zero-order chi connectivity index (χ0) is 14.8. The summed E-state index contributed by atoms with van der Waals surface area (Å²) in [5.41, 5.74) is 0.832. The van der Waals surface area contributed by atoms with Crippen LogP contribution in [0.5, 0.6) is 11.5 Å². The van der Waals surface area contributed by atoms with E-state index >= 15 is 0 Å². The summed E-state index contributed by atoms with van der Waals surface area (Å²) in [5.74, 6) is 1.65. The number of hydrogen-bond donors (Lipinski definition) is 1. The van der Waals surface area contributed by atoms with E-state index in [1.165, 1.54) is 0 Å². The molecule has 5 heteroatoms. The second-order valence-electron chi connectivity index (χ2n) is 5.42. The number of nitrogens with zero attached hydrogens (tertiary/aromatic N) is 1. The highest BCUT2D eigenvalue weighted by molar-refractivity contribution is 5.76. The number of anilines is 1. The number of carbonyl (C=O) groups is 1. The molecule has 0 aliphatic carbocycles. The van der Waals surface area contributed by atoms with E-state index in [4.69, 9.17) is 9.47 Å². The Morgan fingerprint density at radius 3 is 2.15 bits per heavy atom. The van der Waals surface area contributed by atoms with Crippen molar-refractivity contribution in [2.45, 2.75) is 19.9 Å². The standard InChI is InChI=1S/C15H23N2O3/c1-11(2)17(5-6-17)15(18)10-16-12-7-13(19-3)9-14(8-12)20-4/h7-9,11,16H,5-6,10H2,1-4H3/q+1. The van der Waals surface area contributed by atoms with Crippen molar-refractivity contribution in [3.8, 4) is 11.5 Å². The zero-order valence-electron chi connectivity index (χ0n) is 12.6. The van der Waals surface area contributed by atoms with E-state index in [9.17, 15) is 4.79 Å². The number of amides is 1. The van der Waals surface area contributed by atoms with Gasteiger partial charge in [-0.25, -0.2) is 9.28 Å². The van der Waals surface area contributed by atoms with Crippen LogP contribution >= 0.6 is 0 Å². The highest BCUT2D eigenvalue weighted by atomic mass is 16.5. The minimum atomic E-state index is 0.238. The fourth-order valence-corrected chi connectivity index (χ4v) is 2.41. The van der Waals surface area contributed by atoms with Crippen LogP contribution in [0.1, 0.15) is 13.8 Å². The predicted octanol–water partition coefficient (Wildman–Crippen LogP) is 1.88. The van der Waals surface area contributed by atoms with Crippen LogP contribution in [0.4, 0.5) is 5.69 Å². The van der Waals surface area contributed by atoms with Gasteiger partial charge in [0.05, 0.1) is 20.3 Å². The summed E-state index contributed by atoms with van der Waals surface area (Å²) in [7, 11) is 3.22. The van der Waals surface area contributed by atoms with Gasteiger partial charge in [0.25, 0.3) is 0 Å². The van der Waals surface area contributed by atoms with Gasteiger partial charge in [0.2, 0.25) is 0 Å². The highest BCUT2D eigenvalue weighted by Crippen LogP contribution is 2.28. The normalized spacial score (nSPS) is 15.8. The van der Waals surface area contributed by atoms with Crippen molar-refractivity contribution in [2.24, 2.45) is 0 Å². The van der Waals surface area contributed by atoms with Gasteiger partial charge in [-0.05, 0) is 13.8 Å². The molecule has 1 amide bonds. The van der Waals surface area contributed by atoms with Crippen LogP contribution in [0.15, 0.2) is 18.2 Å². The van der Waals surface area contributed by atoms with Gasteiger partial charge in [0, 0.05) is 23.9 Å². The van der Waals surface area contributed by atoms with Crippen molar-refractivity contribution in [2.75, 3.05) is 39.2 Å². The van der Waals surface area contributed by atoms with Crippen molar-refractivity contribution in [1.29, 1.82) is 0 Å². The van der Waals surface area contributed by atoms with Crippen molar-refractivity contribution in [3.05, 3.63) is 18.2 Å². The largest absolute Gasteiger partial charge is 0.497 e. The molecule has 0 saturated carbocycles. The van der Waals surface area contributed by atoms with Gasteiger partial charge in [0.15, 0.2) is 0 Å². The van der Waals surface area contributed by atoms with E-state index in [0.717, 1.165) is 18.8 Å². The molecule has 20 heavy (non-hydrogen) atoms. The maximum absolute atomic E-state index is 12.3. The summed E-state index contributed by atoms with van der Waals surface area (Å²) in [4.78, 5) is 12.3. The maximum Gasteiger partial charge on any atom is 0.333 e. The third kappa shape index (κ3) is 2.88. The quantitative estimate of drug-likeness (QED) is 0.638. The first-order chi connectivity index (χ1) is 9.51. The van der Waals surface area contributed by atoms with Crippen molar-refractivity contribution in [1.82, 2.24) is 0 Å². The van der Waals surface area contributed by atoms with Crippen LogP contribution in [-0.4, -0.2) is 50.3 Å². The fraction of sp³-hybridized carbons (Fsp3) is 0.533. The van der Waals surface area contributed by atoms with Gasteiger partial charge < -0.3 is 14.8 Å². The van der Waals surface area contributed by atoms with E-state index in [-0.39, 0.29) is 5.91 Å². The molecular weight excluding hydrogens is 256 g/mol. The lowest BCUT2D eigenvalue weighted by Gasteiger charge is -2.20. The van der Waals surface area contributed by atoms with Crippen LogP contribution in [0.2, 0.25) is 0 Å². The second kappa shape index (κ2) is 5.71. The van der Waals surface area contributed by atoms with Gasteiger partial charge in [-0.15, -0.1) is 0 Å². The molecule has 1 N–H and O–H groups in total. The summed E-state index contributed by atoms with van der Waals surface area (Å²) in [6.07, 6.45) is 0. The number of nitrogens with one attached hydrogen (secondary N) is 1. The summed E-state index contributed by atoms with van der Waals surface area (Å²) in [5, 5.41) is 3.17. The van der Waals surface area contributed by atoms with Gasteiger partial charge in [-0.1, -0.05) is 0 Å². The third-order valence-electron chi connectivity index (χ3n) is 3.99. The molecule has 1 aromatic carbocycles. The maximum atomic E-state index is 12.3. The average Bonchev–Trinajstić information content (AvgIpc) is 3.26. The number of methoxy groups -OCH3 is 2. The Balaban J connectivity index is 2.02. The molecule has 1 heterocycles. The second-order valence-corrected chi connectivity index (χ2v) is 5.42. The van der Waals surface area contributed by atoms with Crippen molar-refractivity contribution in [3.63, 3.8) is 0 Å². The van der Waals surface area contributed by atoms with Crippen LogP contribution < -0.4 is 14.8 Å². The summed E-state index contributed by atoms with van der Waals surface area (Å²) < 4.78 is 11.0. The van der Waals surface area contributed by atoms with Crippen molar-refractivity contribution >= 4 is 11.6 Å². The van der Waals surface area contributed by atoms with E-state index in [0.29, 0.717) is 28.6 Å². The monoisotopic (exact) mass is 279 g/mol. The Hall–Kier alpha value is -1.75. The molecule has 0 unspecified atom stereocenters. The molecule has 0 bridgehead atoms. The Morgan fingerprint density at radius 2 is 1.75 bits per heavy atom. The Kier molecular flexibility index (Phi) is 4.18. The molecule has 0 spiro atoms. The van der Waals surface area contributed by atoms with E-state index in [2.05, 4.69) is 19.2 Å². The summed E-state index contributed by atoms with van der Waals surface area (Å²) in [6.45, 7) is 6.44. The first-order valence-electron chi connectivity index (χ1n) is 6.89. The molecule has 1 aliphatic heterocycles. The van der Waals surface area contributed by atoms with E-state index < -0.39 is 0 Å². The van der Waals surface area contributed by atoms with Gasteiger partial charge in [-0.2, -0.15) is 0 Å². The van der Waals surface area contributed by atoms with E-state index in [1.807, 2.05) is 12.1 Å². The van der Waals surface area contributed by atoms with Gasteiger partial charge in [-0.3, -0.25) is 0 Å². The average molecular weight is 279 g/mol.